The molecule has 0 atom stereocenters. The smallest absolute Gasteiger partial charge is 0.0972 e. The van der Waals surface area contributed by atoms with E-state index < -0.39 is 5.41 Å². The maximum Gasteiger partial charge on any atom is 0.0972 e. The highest BCUT2D eigenvalue weighted by atomic mass is 14.7. The number of rotatable bonds is 6. The first kappa shape index (κ1) is 29.3. The van der Waals surface area contributed by atoms with Crippen LogP contribution in [0.25, 0.3) is 55.3 Å². The van der Waals surface area contributed by atoms with E-state index in [-0.39, 0.29) is 0 Å². The van der Waals surface area contributed by atoms with E-state index in [9.17, 15) is 0 Å². The van der Waals surface area contributed by atoms with Crippen LogP contribution in [0.1, 0.15) is 41.7 Å². The summed E-state index contributed by atoms with van der Waals surface area (Å²) < 4.78 is 0. The molecule has 0 saturated carbocycles. The summed E-state index contributed by atoms with van der Waals surface area (Å²) in [5.74, 6) is 0.612. The van der Waals surface area contributed by atoms with Crippen molar-refractivity contribution in [3.05, 3.63) is 192 Å². The number of hydrogen-bond donors (Lipinski definition) is 0. The van der Waals surface area contributed by atoms with Gasteiger partial charge in [0.2, 0.25) is 0 Å². The van der Waals surface area contributed by atoms with Gasteiger partial charge >= 0.3 is 0 Å². The highest BCUT2D eigenvalue weighted by Crippen LogP contribution is 2.56. The number of benzene rings is 6. The summed E-state index contributed by atoms with van der Waals surface area (Å²) in [7, 11) is 0. The molecule has 9 rings (SSSR count). The summed E-state index contributed by atoms with van der Waals surface area (Å²) in [5, 5.41) is 2.20. The zero-order chi connectivity index (χ0) is 33.0. The minimum atomic E-state index is -0.439. The summed E-state index contributed by atoms with van der Waals surface area (Å²) in [4.78, 5) is 9.83. The van der Waals surface area contributed by atoms with E-state index in [2.05, 4.69) is 170 Å². The van der Waals surface area contributed by atoms with Crippen LogP contribution >= 0.6 is 0 Å². The molecule has 2 heteroatoms. The van der Waals surface area contributed by atoms with Crippen molar-refractivity contribution in [2.75, 3.05) is 0 Å². The van der Waals surface area contributed by atoms with Crippen molar-refractivity contribution in [2.24, 2.45) is 5.92 Å². The van der Waals surface area contributed by atoms with E-state index in [0.717, 1.165) is 39.5 Å². The third-order valence-electron chi connectivity index (χ3n) is 10.2. The maximum absolute atomic E-state index is 5.15. The molecule has 2 heterocycles. The second kappa shape index (κ2) is 11.7. The van der Waals surface area contributed by atoms with Gasteiger partial charge in [0.05, 0.1) is 22.1 Å². The second-order valence-electron chi connectivity index (χ2n) is 13.7. The van der Waals surface area contributed by atoms with Crippen molar-refractivity contribution in [3.63, 3.8) is 0 Å². The molecule has 0 saturated heterocycles. The van der Waals surface area contributed by atoms with Crippen LogP contribution in [0, 0.1) is 5.92 Å². The van der Waals surface area contributed by atoms with Gasteiger partial charge in [-0.3, -0.25) is 4.98 Å². The molecule has 0 aliphatic heterocycles. The molecule has 1 aliphatic carbocycles. The van der Waals surface area contributed by atoms with Gasteiger partial charge in [-0.05, 0) is 86.7 Å². The average molecular weight is 629 g/mol. The zero-order valence-corrected chi connectivity index (χ0v) is 27.8. The fourth-order valence-corrected chi connectivity index (χ4v) is 8.06. The van der Waals surface area contributed by atoms with Crippen LogP contribution in [-0.4, -0.2) is 9.97 Å². The Balaban J connectivity index is 1.20. The summed E-state index contributed by atoms with van der Waals surface area (Å²) >= 11 is 0. The van der Waals surface area contributed by atoms with Crippen molar-refractivity contribution in [3.8, 4) is 33.5 Å². The van der Waals surface area contributed by atoms with Crippen LogP contribution in [0.2, 0.25) is 0 Å². The Morgan fingerprint density at radius 3 is 1.88 bits per heavy atom. The Labute approximate surface area is 287 Å². The largest absolute Gasteiger partial charge is 0.254 e. The minimum absolute atomic E-state index is 0.439. The van der Waals surface area contributed by atoms with Gasteiger partial charge in [-0.1, -0.05) is 147 Å². The lowest BCUT2D eigenvalue weighted by Crippen LogP contribution is -2.28. The highest BCUT2D eigenvalue weighted by molar-refractivity contribution is 6.03. The summed E-state index contributed by atoms with van der Waals surface area (Å²) in [6.07, 6.45) is 2.92. The van der Waals surface area contributed by atoms with Crippen LogP contribution in [0.3, 0.4) is 0 Å². The highest BCUT2D eigenvalue weighted by Gasteiger charge is 2.45. The molecule has 6 aromatic carbocycles. The number of hydrogen-bond acceptors (Lipinski definition) is 2. The second-order valence-corrected chi connectivity index (χ2v) is 13.7. The van der Waals surface area contributed by atoms with Gasteiger partial charge in [0.25, 0.3) is 0 Å². The van der Waals surface area contributed by atoms with Gasteiger partial charge in [0.15, 0.2) is 0 Å². The molecule has 0 spiro atoms. The molecule has 8 aromatic rings. The molecule has 0 unspecified atom stereocenters. The monoisotopic (exact) mass is 628 g/mol. The van der Waals surface area contributed by atoms with Crippen LogP contribution in [0.4, 0.5) is 0 Å². The molecule has 1 aliphatic rings. The number of pyridine rings is 2. The van der Waals surface area contributed by atoms with E-state index >= 15 is 0 Å². The molecule has 0 radical (unpaired) electrons. The van der Waals surface area contributed by atoms with Crippen LogP contribution in [-0.2, 0) is 11.8 Å². The lowest BCUT2D eigenvalue weighted by molar-refractivity contribution is 0.646. The number of nitrogens with zero attached hydrogens (tertiary/aromatic N) is 2. The van der Waals surface area contributed by atoms with Crippen molar-refractivity contribution in [1.82, 2.24) is 9.97 Å². The fraction of sp³-hybridized carbons (Fsp3) is 0.106. The lowest BCUT2D eigenvalue weighted by Gasteiger charge is -2.34. The number of fused-ring (bicyclic) bond motifs is 6. The van der Waals surface area contributed by atoms with E-state index in [1.165, 1.54) is 50.1 Å². The van der Waals surface area contributed by atoms with Gasteiger partial charge in [-0.2, -0.15) is 0 Å². The Morgan fingerprint density at radius 1 is 0.510 bits per heavy atom. The quantitative estimate of drug-likeness (QED) is 0.171. The molecule has 2 aromatic heterocycles. The van der Waals surface area contributed by atoms with Crippen LogP contribution in [0.15, 0.2) is 164 Å². The van der Waals surface area contributed by atoms with Crippen LogP contribution < -0.4 is 0 Å². The average Bonchev–Trinajstić information content (AvgIpc) is 3.46. The molecular formula is C47H36N2. The van der Waals surface area contributed by atoms with Gasteiger partial charge in [0, 0.05) is 22.5 Å². The van der Waals surface area contributed by atoms with Gasteiger partial charge < -0.3 is 0 Å². The Kier molecular flexibility index (Phi) is 6.98. The first-order chi connectivity index (χ1) is 24.1. The standard InChI is InChI=1S/C47H36N2/c1-31(2)28-32-19-24-38(25-20-32)47(42-17-5-3-15-40(42)41-16-4-6-18-43(41)47)39-14-8-11-36(30-39)35-10-7-12-37(29-35)44-26-23-34-22-21-33-13-9-27-48-45(33)46(34)49-44/h3-27,29-31H,28H2,1-2H3. The minimum Gasteiger partial charge on any atom is -0.254 e. The van der Waals surface area contributed by atoms with Gasteiger partial charge in [0.1, 0.15) is 0 Å². The molecule has 0 N–H and O–H groups in total. The normalized spacial score (nSPS) is 13.1. The predicted molar refractivity (Wildman–Crippen MR) is 204 cm³/mol. The Bertz CT molecular complexity index is 2460. The molecule has 2 nitrogen and oxygen atoms in total. The van der Waals surface area contributed by atoms with Crippen molar-refractivity contribution in [1.29, 1.82) is 0 Å². The van der Waals surface area contributed by atoms with Crippen LogP contribution in [0.5, 0.6) is 0 Å². The molecule has 234 valence electrons. The van der Waals surface area contributed by atoms with Crippen molar-refractivity contribution >= 4 is 21.8 Å². The predicted octanol–water partition coefficient (Wildman–Crippen LogP) is 11.7. The third kappa shape index (κ3) is 4.78. The van der Waals surface area contributed by atoms with Gasteiger partial charge in [-0.15, -0.1) is 0 Å². The molecule has 49 heavy (non-hydrogen) atoms. The van der Waals surface area contributed by atoms with E-state index in [1.807, 2.05) is 12.3 Å². The molecule has 0 fully saturated rings. The maximum atomic E-state index is 5.15. The molecule has 0 amide bonds. The fourth-order valence-electron chi connectivity index (χ4n) is 8.06. The Morgan fingerprint density at radius 2 is 1.14 bits per heavy atom. The summed E-state index contributed by atoms with van der Waals surface area (Å²) in [5.41, 5.74) is 15.0. The van der Waals surface area contributed by atoms with Crippen molar-refractivity contribution < 1.29 is 0 Å². The topological polar surface area (TPSA) is 25.8 Å². The van der Waals surface area contributed by atoms with Gasteiger partial charge in [-0.25, -0.2) is 4.98 Å². The molecule has 0 bridgehead atoms. The van der Waals surface area contributed by atoms with E-state index in [1.54, 1.807) is 0 Å². The molecular weight excluding hydrogens is 593 g/mol. The first-order valence-corrected chi connectivity index (χ1v) is 17.2. The first-order valence-electron chi connectivity index (χ1n) is 17.2. The SMILES string of the molecule is CC(C)Cc1ccc(C2(c3cccc(-c4cccc(-c5ccc6ccc7cccnc7c6n5)c4)c3)c3ccccc3-c3ccccc32)cc1. The zero-order valence-electron chi connectivity index (χ0n) is 27.8. The van der Waals surface area contributed by atoms with E-state index in [0.29, 0.717) is 5.92 Å². The van der Waals surface area contributed by atoms with E-state index in [4.69, 9.17) is 4.98 Å². The Hall–Kier alpha value is -5.86. The van der Waals surface area contributed by atoms with Crippen molar-refractivity contribution in [2.45, 2.75) is 25.7 Å². The number of aromatic nitrogens is 2. The third-order valence-corrected chi connectivity index (χ3v) is 10.2. The summed E-state index contributed by atoms with van der Waals surface area (Å²) in [6, 6.07) is 57.9. The lowest BCUT2D eigenvalue weighted by atomic mass is 9.67. The summed E-state index contributed by atoms with van der Waals surface area (Å²) in [6.45, 7) is 4.57.